The molecule has 2 N–H and O–H groups in total. The number of carbonyl (C=O) groups is 1. The van der Waals surface area contributed by atoms with E-state index >= 15 is 0 Å². The van der Waals surface area contributed by atoms with Crippen LogP contribution in [0.25, 0.3) is 0 Å². The number of nitrogens with zero attached hydrogens (tertiary/aromatic N) is 1. The van der Waals surface area contributed by atoms with Crippen LogP contribution in [-0.4, -0.2) is 42.6 Å². The molecule has 7 heteroatoms. The van der Waals surface area contributed by atoms with Crippen molar-refractivity contribution in [1.82, 2.24) is 10.7 Å². The fourth-order valence-corrected chi connectivity index (χ4v) is 11.5. The van der Waals surface area contributed by atoms with Gasteiger partial charge >= 0.3 is 121 Å². The topological polar surface area (TPSA) is 76.5 Å². The van der Waals surface area contributed by atoms with E-state index in [-0.39, 0.29) is 5.71 Å². The molecule has 0 aromatic heterocycles. The number of carboxylic acid groups (broad SMARTS) is 1. The fraction of sp³-hybridized carbons (Fsp3) is 0.250. The average Bonchev–Trinajstić information content (AvgIpc) is 2.90. The van der Waals surface area contributed by atoms with Gasteiger partial charge in [-0.3, -0.25) is 5.43 Å². The quantitative estimate of drug-likeness (QED) is 0.199. The third-order valence-corrected chi connectivity index (χ3v) is 13.8. The first kappa shape index (κ1) is 26.9. The van der Waals surface area contributed by atoms with Crippen LogP contribution >= 0.6 is 12.2 Å². The summed E-state index contributed by atoms with van der Waals surface area (Å²) in [4.78, 5) is 10.4. The zero-order valence-corrected chi connectivity index (χ0v) is 23.6. The molecule has 0 atom stereocenters. The molecule has 0 aliphatic heterocycles. The Morgan fingerprint density at radius 3 is 1.66 bits per heavy atom. The van der Waals surface area contributed by atoms with Crippen molar-refractivity contribution in [3.63, 3.8) is 0 Å². The van der Waals surface area contributed by atoms with Crippen molar-refractivity contribution in [3.8, 4) is 0 Å². The molecule has 0 spiro atoms. The number of hydrazone groups is 1. The van der Waals surface area contributed by atoms with Gasteiger partial charge in [0.25, 0.3) is 0 Å². The molecule has 3 aromatic carbocycles. The summed E-state index contributed by atoms with van der Waals surface area (Å²) < 4.78 is 4.59. The van der Waals surface area contributed by atoms with Crippen LogP contribution in [0.15, 0.2) is 96.1 Å². The second kappa shape index (κ2) is 14.6. The summed E-state index contributed by atoms with van der Waals surface area (Å²) >= 11 is 3.02. The van der Waals surface area contributed by atoms with E-state index in [1.807, 2.05) is 0 Å². The summed E-state index contributed by atoms with van der Waals surface area (Å²) in [6, 6.07) is 33.3. The third-order valence-electron chi connectivity index (χ3n) is 5.75. The number of hydrogen-bond donors (Lipinski definition) is 2. The normalized spacial score (nSPS) is 13.7. The van der Waals surface area contributed by atoms with Crippen molar-refractivity contribution in [2.24, 2.45) is 5.10 Å². The van der Waals surface area contributed by atoms with E-state index in [4.69, 9.17) is 12.2 Å². The number of rotatable bonds is 6. The van der Waals surface area contributed by atoms with E-state index in [9.17, 15) is 9.90 Å². The number of aliphatic carboxylic acids is 1. The van der Waals surface area contributed by atoms with Gasteiger partial charge in [0.1, 0.15) is 0 Å². The molecule has 4 rings (SSSR count). The van der Waals surface area contributed by atoms with Crippen molar-refractivity contribution >= 4 is 59.5 Å². The summed E-state index contributed by atoms with van der Waals surface area (Å²) in [5, 5.41) is 17.4. The molecular formula is C28H31N3O2SSn. The summed E-state index contributed by atoms with van der Waals surface area (Å²) in [6.07, 6.45) is 5.90. The Morgan fingerprint density at radius 2 is 1.26 bits per heavy atom. The summed E-state index contributed by atoms with van der Waals surface area (Å²) in [5.74, 6) is -1.30. The molecule has 35 heavy (non-hydrogen) atoms. The molecular weight excluding hydrogens is 561 g/mol. The molecule has 1 saturated carbocycles. The van der Waals surface area contributed by atoms with Gasteiger partial charge in [0.2, 0.25) is 0 Å². The molecule has 0 amide bonds. The second-order valence-electron chi connectivity index (χ2n) is 8.38. The van der Waals surface area contributed by atoms with Gasteiger partial charge in [0.05, 0.1) is 11.7 Å². The van der Waals surface area contributed by atoms with E-state index in [1.54, 1.807) is 0 Å². The van der Waals surface area contributed by atoms with Crippen LogP contribution in [0.1, 0.15) is 39.0 Å². The molecule has 5 nitrogen and oxygen atoms in total. The van der Waals surface area contributed by atoms with Gasteiger partial charge in [-0.05, 0) is 32.0 Å². The van der Waals surface area contributed by atoms with E-state index < -0.39 is 25.7 Å². The van der Waals surface area contributed by atoms with Crippen molar-refractivity contribution in [3.05, 3.63) is 91.0 Å². The van der Waals surface area contributed by atoms with Crippen LogP contribution in [-0.2, 0) is 4.79 Å². The van der Waals surface area contributed by atoms with Crippen LogP contribution in [0, 0.1) is 0 Å². The zero-order chi connectivity index (χ0) is 24.9. The molecule has 180 valence electrons. The molecule has 0 unspecified atom stereocenters. The van der Waals surface area contributed by atoms with Gasteiger partial charge in [-0.25, -0.2) is 0 Å². The minimum absolute atomic E-state index is 0.118. The van der Waals surface area contributed by atoms with Gasteiger partial charge in [-0.2, -0.15) is 5.10 Å². The van der Waals surface area contributed by atoms with Crippen LogP contribution < -0.4 is 26.6 Å². The number of carbonyl (C=O) groups excluding carboxylic acids is 1. The van der Waals surface area contributed by atoms with Gasteiger partial charge in [-0.15, -0.1) is 0 Å². The Hall–Kier alpha value is -2.71. The first-order valence-corrected chi connectivity index (χ1v) is 16.6. The molecule has 1 aliphatic rings. The Morgan fingerprint density at radius 1 is 0.829 bits per heavy atom. The maximum absolute atomic E-state index is 10.4. The molecule has 0 heterocycles. The predicted molar refractivity (Wildman–Crippen MR) is 148 cm³/mol. The summed E-state index contributed by atoms with van der Waals surface area (Å²) in [5.41, 5.74) is 2.38. The van der Waals surface area contributed by atoms with E-state index in [0.29, 0.717) is 11.2 Å². The zero-order valence-electron chi connectivity index (χ0n) is 19.9. The third kappa shape index (κ3) is 9.11. The number of carboxylic acids is 1. The Labute approximate surface area is 220 Å². The number of hydrogen-bond acceptors (Lipinski definition) is 4. The number of benzene rings is 3. The van der Waals surface area contributed by atoms with E-state index in [2.05, 4.69) is 107 Å². The van der Waals surface area contributed by atoms with Crippen molar-refractivity contribution in [1.29, 1.82) is 0 Å². The van der Waals surface area contributed by atoms with E-state index in [1.165, 1.54) is 36.9 Å². The van der Waals surface area contributed by atoms with Gasteiger partial charge in [0, 0.05) is 6.04 Å². The van der Waals surface area contributed by atoms with Crippen LogP contribution in [0.5, 0.6) is 0 Å². The van der Waals surface area contributed by atoms with Gasteiger partial charge in [-0.1, -0.05) is 19.3 Å². The second-order valence-corrected chi connectivity index (χ2v) is 15.9. The SMILES string of the molecule is C/C(=N\NC(=S)NC1CCCCC1)C(=O)[O-].c1cc[c]([Sn+]([c]2ccccc2)[c]2ccccc2)cc1. The van der Waals surface area contributed by atoms with Crippen molar-refractivity contribution < 1.29 is 9.90 Å². The molecule has 1 aliphatic carbocycles. The Bertz CT molecular complexity index is 995. The van der Waals surface area contributed by atoms with Gasteiger partial charge in [0.15, 0.2) is 5.11 Å². The van der Waals surface area contributed by atoms with Crippen LogP contribution in [0.4, 0.5) is 0 Å². The maximum atomic E-state index is 10.4. The Kier molecular flexibility index (Phi) is 11.2. The molecule has 1 fully saturated rings. The Balaban J connectivity index is 0.000000199. The standard InChI is InChI=1S/C10H17N3O2S.3C6H5.Sn/c1-7(9(14)15)12-13-10(16)11-8-5-3-2-4-6-8;3*1-2-4-6-5-3-1;/h8H,2-6H2,1H3,(H,14,15)(H2,11,13,16);3*1-5H;/q;;;;+1/p-1/b12-7+;;;;. The van der Waals surface area contributed by atoms with E-state index in [0.717, 1.165) is 12.8 Å². The van der Waals surface area contributed by atoms with Crippen molar-refractivity contribution in [2.45, 2.75) is 45.1 Å². The first-order chi connectivity index (χ1) is 17.0. The number of thiocarbonyl (C=S) groups is 1. The van der Waals surface area contributed by atoms with Crippen LogP contribution in [0.2, 0.25) is 0 Å². The fourth-order valence-electron chi connectivity index (χ4n) is 3.96. The van der Waals surface area contributed by atoms with Crippen molar-refractivity contribution in [2.75, 3.05) is 0 Å². The van der Waals surface area contributed by atoms with Crippen LogP contribution in [0.3, 0.4) is 0 Å². The van der Waals surface area contributed by atoms with Gasteiger partial charge < -0.3 is 15.2 Å². The molecule has 0 bridgehead atoms. The average molecular weight is 592 g/mol. The molecule has 3 aromatic rings. The summed E-state index contributed by atoms with van der Waals surface area (Å²) in [7, 11) is 0. The minimum atomic E-state index is -1.98. The monoisotopic (exact) mass is 593 g/mol. The number of nitrogens with one attached hydrogen (secondary N) is 2. The molecule has 0 radical (unpaired) electrons. The predicted octanol–water partition coefficient (Wildman–Crippen LogP) is 2.11. The summed E-state index contributed by atoms with van der Waals surface area (Å²) in [6.45, 7) is 1.35. The first-order valence-electron chi connectivity index (χ1n) is 11.9. The molecule has 0 saturated heterocycles.